The molecule has 0 aromatic heterocycles. The van der Waals surface area contributed by atoms with Gasteiger partial charge in [0, 0.05) is 19.3 Å². The lowest BCUT2D eigenvalue weighted by Gasteiger charge is -2.37. The summed E-state index contributed by atoms with van der Waals surface area (Å²) >= 11 is 0. The molecule has 2 heteroatoms. The van der Waals surface area contributed by atoms with Crippen LogP contribution in [0.4, 0.5) is 0 Å². The van der Waals surface area contributed by atoms with Crippen molar-refractivity contribution >= 4 is 0 Å². The molecule has 0 aromatic rings. The van der Waals surface area contributed by atoms with Gasteiger partial charge in [0.1, 0.15) is 0 Å². The number of rotatable bonds is 3. The van der Waals surface area contributed by atoms with Crippen molar-refractivity contribution < 1.29 is 4.74 Å². The highest BCUT2D eigenvalue weighted by Crippen LogP contribution is 2.47. The first kappa shape index (κ1) is 11.4. The Morgan fingerprint density at radius 1 is 1.27 bits per heavy atom. The van der Waals surface area contributed by atoms with Crippen LogP contribution in [-0.4, -0.2) is 25.8 Å². The van der Waals surface area contributed by atoms with Crippen LogP contribution in [0.25, 0.3) is 0 Å². The molecule has 1 saturated heterocycles. The van der Waals surface area contributed by atoms with Gasteiger partial charge < -0.3 is 10.1 Å². The van der Waals surface area contributed by atoms with Gasteiger partial charge in [-0.15, -0.1) is 0 Å². The van der Waals surface area contributed by atoms with Crippen molar-refractivity contribution in [1.29, 1.82) is 0 Å². The molecule has 15 heavy (non-hydrogen) atoms. The van der Waals surface area contributed by atoms with Gasteiger partial charge in [0.05, 0.1) is 0 Å². The molecule has 1 aliphatic heterocycles. The second-order valence-corrected chi connectivity index (χ2v) is 5.54. The summed E-state index contributed by atoms with van der Waals surface area (Å²) in [6.45, 7) is 7.82. The minimum absolute atomic E-state index is 0.594. The van der Waals surface area contributed by atoms with Gasteiger partial charge in [-0.2, -0.15) is 0 Å². The predicted octanol–water partition coefficient (Wildman–Crippen LogP) is 2.58. The van der Waals surface area contributed by atoms with E-state index in [0.29, 0.717) is 5.41 Å². The molecule has 2 fully saturated rings. The Labute approximate surface area is 93.8 Å². The summed E-state index contributed by atoms with van der Waals surface area (Å²) in [5.74, 6) is 0.912. The van der Waals surface area contributed by atoms with Crippen LogP contribution in [0.15, 0.2) is 0 Å². The molecule has 1 heterocycles. The van der Waals surface area contributed by atoms with E-state index in [1.807, 2.05) is 0 Å². The van der Waals surface area contributed by atoms with Crippen molar-refractivity contribution in [1.82, 2.24) is 5.32 Å². The Morgan fingerprint density at radius 3 is 2.67 bits per heavy atom. The van der Waals surface area contributed by atoms with Crippen LogP contribution in [0.1, 0.15) is 46.0 Å². The summed E-state index contributed by atoms with van der Waals surface area (Å²) in [5, 5.41) is 3.61. The standard InChI is InChI=1S/C13H25NO/c1-3-14-12-4-7-13(2,10-12)11-5-8-15-9-6-11/h11-12,14H,3-10H2,1-2H3. The Kier molecular flexibility index (Phi) is 3.68. The molecule has 2 nitrogen and oxygen atoms in total. The highest BCUT2D eigenvalue weighted by atomic mass is 16.5. The summed E-state index contributed by atoms with van der Waals surface area (Å²) in [5.41, 5.74) is 0.594. The Bertz CT molecular complexity index is 201. The molecule has 2 unspecified atom stereocenters. The molecule has 1 saturated carbocycles. The highest BCUT2D eigenvalue weighted by molar-refractivity contribution is 4.94. The summed E-state index contributed by atoms with van der Waals surface area (Å²) < 4.78 is 5.46. The van der Waals surface area contributed by atoms with Crippen LogP contribution in [0.5, 0.6) is 0 Å². The maximum absolute atomic E-state index is 5.46. The molecule has 1 aliphatic carbocycles. The zero-order chi connectivity index (χ0) is 10.7. The second kappa shape index (κ2) is 4.84. The van der Waals surface area contributed by atoms with Crippen molar-refractivity contribution in [2.24, 2.45) is 11.3 Å². The largest absolute Gasteiger partial charge is 0.381 e. The Morgan fingerprint density at radius 2 is 2.00 bits per heavy atom. The first-order chi connectivity index (χ1) is 7.24. The fraction of sp³-hybridized carbons (Fsp3) is 1.00. The number of hydrogen-bond acceptors (Lipinski definition) is 2. The number of nitrogens with one attached hydrogen (secondary N) is 1. The molecule has 88 valence electrons. The minimum Gasteiger partial charge on any atom is -0.381 e. The topological polar surface area (TPSA) is 21.3 Å². The normalized spacial score (nSPS) is 38.4. The van der Waals surface area contributed by atoms with Crippen LogP contribution in [-0.2, 0) is 4.74 Å². The molecular weight excluding hydrogens is 186 g/mol. The van der Waals surface area contributed by atoms with Crippen LogP contribution in [0, 0.1) is 11.3 Å². The Hall–Kier alpha value is -0.0800. The van der Waals surface area contributed by atoms with E-state index in [-0.39, 0.29) is 0 Å². The molecule has 0 amide bonds. The maximum atomic E-state index is 5.46. The van der Waals surface area contributed by atoms with Gasteiger partial charge in [0.15, 0.2) is 0 Å². The monoisotopic (exact) mass is 211 g/mol. The van der Waals surface area contributed by atoms with E-state index in [9.17, 15) is 0 Å². The third kappa shape index (κ3) is 2.54. The van der Waals surface area contributed by atoms with Gasteiger partial charge in [-0.25, -0.2) is 0 Å². The predicted molar refractivity (Wildman–Crippen MR) is 63.0 cm³/mol. The fourth-order valence-corrected chi connectivity index (χ4v) is 3.50. The van der Waals surface area contributed by atoms with Gasteiger partial charge >= 0.3 is 0 Å². The molecule has 0 aromatic carbocycles. The number of hydrogen-bond donors (Lipinski definition) is 1. The fourth-order valence-electron chi connectivity index (χ4n) is 3.50. The quantitative estimate of drug-likeness (QED) is 0.774. The Balaban J connectivity index is 1.89. The minimum atomic E-state index is 0.594. The summed E-state index contributed by atoms with van der Waals surface area (Å²) in [4.78, 5) is 0. The summed E-state index contributed by atoms with van der Waals surface area (Å²) in [7, 11) is 0. The lowest BCUT2D eigenvalue weighted by molar-refractivity contribution is 0.0177. The van der Waals surface area contributed by atoms with Gasteiger partial charge in [0.25, 0.3) is 0 Å². The second-order valence-electron chi connectivity index (χ2n) is 5.54. The van der Waals surface area contributed by atoms with Gasteiger partial charge in [0.2, 0.25) is 0 Å². The molecule has 0 bridgehead atoms. The average Bonchev–Trinajstić information content (AvgIpc) is 2.64. The van der Waals surface area contributed by atoms with E-state index >= 15 is 0 Å². The molecular formula is C13H25NO. The van der Waals surface area contributed by atoms with Crippen LogP contribution in [0.3, 0.4) is 0 Å². The third-order valence-electron chi connectivity index (χ3n) is 4.48. The van der Waals surface area contributed by atoms with E-state index in [2.05, 4.69) is 19.2 Å². The average molecular weight is 211 g/mol. The van der Waals surface area contributed by atoms with Crippen LogP contribution in [0.2, 0.25) is 0 Å². The third-order valence-corrected chi connectivity index (χ3v) is 4.48. The maximum Gasteiger partial charge on any atom is 0.0468 e. The van der Waals surface area contributed by atoms with E-state index in [1.165, 1.54) is 32.1 Å². The molecule has 2 rings (SSSR count). The van der Waals surface area contributed by atoms with Crippen molar-refractivity contribution in [3.05, 3.63) is 0 Å². The highest BCUT2D eigenvalue weighted by Gasteiger charge is 2.41. The molecule has 0 radical (unpaired) electrons. The van der Waals surface area contributed by atoms with Crippen molar-refractivity contribution in [2.45, 2.75) is 52.0 Å². The molecule has 2 atom stereocenters. The smallest absolute Gasteiger partial charge is 0.0468 e. The first-order valence-electron chi connectivity index (χ1n) is 6.56. The lowest BCUT2D eigenvalue weighted by atomic mass is 9.72. The van der Waals surface area contributed by atoms with Gasteiger partial charge in [-0.05, 0) is 50.0 Å². The zero-order valence-electron chi connectivity index (χ0n) is 10.2. The van der Waals surface area contributed by atoms with E-state index < -0.39 is 0 Å². The van der Waals surface area contributed by atoms with Crippen LogP contribution >= 0.6 is 0 Å². The van der Waals surface area contributed by atoms with Crippen molar-refractivity contribution in [3.8, 4) is 0 Å². The van der Waals surface area contributed by atoms with E-state index in [0.717, 1.165) is 31.7 Å². The van der Waals surface area contributed by atoms with E-state index in [1.54, 1.807) is 0 Å². The SMILES string of the molecule is CCNC1CCC(C)(C2CCOCC2)C1. The van der Waals surface area contributed by atoms with Crippen molar-refractivity contribution in [3.63, 3.8) is 0 Å². The van der Waals surface area contributed by atoms with Gasteiger partial charge in [-0.1, -0.05) is 13.8 Å². The zero-order valence-corrected chi connectivity index (χ0v) is 10.2. The molecule has 2 aliphatic rings. The molecule has 0 spiro atoms. The number of ether oxygens (including phenoxy) is 1. The summed E-state index contributed by atoms with van der Waals surface area (Å²) in [6.07, 6.45) is 6.74. The summed E-state index contributed by atoms with van der Waals surface area (Å²) in [6, 6.07) is 0.780. The van der Waals surface area contributed by atoms with E-state index in [4.69, 9.17) is 4.74 Å². The van der Waals surface area contributed by atoms with Gasteiger partial charge in [-0.3, -0.25) is 0 Å². The first-order valence-corrected chi connectivity index (χ1v) is 6.56. The van der Waals surface area contributed by atoms with Crippen LogP contribution < -0.4 is 5.32 Å². The van der Waals surface area contributed by atoms with Crippen molar-refractivity contribution in [2.75, 3.05) is 19.8 Å². The molecule has 1 N–H and O–H groups in total. The lowest BCUT2D eigenvalue weighted by Crippen LogP contribution is -2.33.